The van der Waals surface area contributed by atoms with Gasteiger partial charge in [0, 0.05) is 23.7 Å². The van der Waals surface area contributed by atoms with E-state index in [1.54, 1.807) is 0 Å². The standard InChI is InChI=1S/C14H20N2/c1-9(2)11-4-5-12-7-13(6-10(3)15)16-14(12)8-11/h4-5,7-10,16H,6,15H2,1-3H3. The molecule has 0 aliphatic rings. The topological polar surface area (TPSA) is 41.8 Å². The van der Waals surface area contributed by atoms with Crippen molar-refractivity contribution in [3.05, 3.63) is 35.5 Å². The minimum Gasteiger partial charge on any atom is -0.358 e. The Morgan fingerprint density at radius 3 is 2.56 bits per heavy atom. The van der Waals surface area contributed by atoms with Crippen molar-refractivity contribution in [1.29, 1.82) is 0 Å². The number of hydrogen-bond acceptors (Lipinski definition) is 1. The van der Waals surface area contributed by atoms with Crippen LogP contribution in [0.15, 0.2) is 24.3 Å². The Hall–Kier alpha value is -1.28. The van der Waals surface area contributed by atoms with Gasteiger partial charge in [0.15, 0.2) is 0 Å². The van der Waals surface area contributed by atoms with Crippen LogP contribution in [0.5, 0.6) is 0 Å². The molecule has 0 bridgehead atoms. The zero-order valence-corrected chi connectivity index (χ0v) is 10.2. The van der Waals surface area contributed by atoms with Crippen molar-refractivity contribution in [2.45, 2.75) is 39.2 Å². The third-order valence-electron chi connectivity index (χ3n) is 2.91. The second-order valence-electron chi connectivity index (χ2n) is 4.98. The van der Waals surface area contributed by atoms with Gasteiger partial charge in [0.2, 0.25) is 0 Å². The lowest BCUT2D eigenvalue weighted by Crippen LogP contribution is -2.17. The number of hydrogen-bond donors (Lipinski definition) is 2. The molecule has 0 saturated carbocycles. The van der Waals surface area contributed by atoms with E-state index in [-0.39, 0.29) is 6.04 Å². The van der Waals surface area contributed by atoms with E-state index in [1.165, 1.54) is 22.2 Å². The molecule has 2 aromatic rings. The molecule has 1 atom stereocenters. The molecule has 86 valence electrons. The first kappa shape index (κ1) is 11.2. The zero-order chi connectivity index (χ0) is 11.7. The average molecular weight is 216 g/mol. The van der Waals surface area contributed by atoms with E-state index in [2.05, 4.69) is 43.1 Å². The highest BCUT2D eigenvalue weighted by Gasteiger charge is 2.05. The van der Waals surface area contributed by atoms with Crippen molar-refractivity contribution in [3.63, 3.8) is 0 Å². The van der Waals surface area contributed by atoms with Crippen LogP contribution in [0.25, 0.3) is 10.9 Å². The molecule has 2 nitrogen and oxygen atoms in total. The summed E-state index contributed by atoms with van der Waals surface area (Å²) in [7, 11) is 0. The lowest BCUT2D eigenvalue weighted by atomic mass is 10.0. The number of aromatic nitrogens is 1. The Kier molecular flexibility index (Phi) is 3.01. The summed E-state index contributed by atoms with van der Waals surface area (Å²) in [4.78, 5) is 3.44. The van der Waals surface area contributed by atoms with E-state index in [0.717, 1.165) is 6.42 Å². The molecule has 0 radical (unpaired) electrons. The van der Waals surface area contributed by atoms with Crippen LogP contribution in [-0.4, -0.2) is 11.0 Å². The first-order chi connectivity index (χ1) is 7.56. The van der Waals surface area contributed by atoms with Crippen LogP contribution in [0, 0.1) is 0 Å². The molecule has 0 aliphatic carbocycles. The van der Waals surface area contributed by atoms with E-state index in [9.17, 15) is 0 Å². The number of fused-ring (bicyclic) bond motifs is 1. The van der Waals surface area contributed by atoms with Crippen LogP contribution in [0.1, 0.15) is 37.9 Å². The summed E-state index contributed by atoms with van der Waals surface area (Å²) in [6, 6.07) is 9.04. The predicted octanol–water partition coefficient (Wildman–Crippen LogP) is 3.18. The molecule has 1 unspecified atom stereocenters. The number of H-pyrrole nitrogens is 1. The highest BCUT2D eigenvalue weighted by molar-refractivity contribution is 5.81. The van der Waals surface area contributed by atoms with Crippen molar-refractivity contribution in [2.75, 3.05) is 0 Å². The number of benzene rings is 1. The average Bonchev–Trinajstić information content (AvgIpc) is 2.56. The quantitative estimate of drug-likeness (QED) is 0.813. The second kappa shape index (κ2) is 4.30. The number of rotatable bonds is 3. The number of aromatic amines is 1. The van der Waals surface area contributed by atoms with Crippen LogP contribution >= 0.6 is 0 Å². The van der Waals surface area contributed by atoms with E-state index in [4.69, 9.17) is 5.73 Å². The van der Waals surface area contributed by atoms with Gasteiger partial charge < -0.3 is 10.7 Å². The number of nitrogens with two attached hydrogens (primary N) is 1. The molecule has 2 heteroatoms. The lowest BCUT2D eigenvalue weighted by Gasteiger charge is -2.04. The van der Waals surface area contributed by atoms with Gasteiger partial charge in [-0.3, -0.25) is 0 Å². The molecular weight excluding hydrogens is 196 g/mol. The highest BCUT2D eigenvalue weighted by atomic mass is 14.7. The van der Waals surface area contributed by atoms with Crippen molar-refractivity contribution in [2.24, 2.45) is 5.73 Å². The minimum atomic E-state index is 0.206. The van der Waals surface area contributed by atoms with Gasteiger partial charge in [0.25, 0.3) is 0 Å². The van der Waals surface area contributed by atoms with Crippen LogP contribution in [0.3, 0.4) is 0 Å². The Labute approximate surface area is 96.9 Å². The summed E-state index contributed by atoms with van der Waals surface area (Å²) in [5.41, 5.74) is 9.63. The number of nitrogens with one attached hydrogen (secondary N) is 1. The molecule has 3 N–H and O–H groups in total. The van der Waals surface area contributed by atoms with Crippen molar-refractivity contribution in [1.82, 2.24) is 4.98 Å². The van der Waals surface area contributed by atoms with Gasteiger partial charge in [0.05, 0.1) is 0 Å². The minimum absolute atomic E-state index is 0.206. The molecular formula is C14H20N2. The first-order valence-electron chi connectivity index (χ1n) is 5.93. The summed E-state index contributed by atoms with van der Waals surface area (Å²) in [5, 5.41) is 1.28. The Morgan fingerprint density at radius 1 is 1.19 bits per heavy atom. The maximum atomic E-state index is 5.80. The van der Waals surface area contributed by atoms with Gasteiger partial charge in [0.1, 0.15) is 0 Å². The molecule has 0 saturated heterocycles. The predicted molar refractivity (Wildman–Crippen MR) is 69.7 cm³/mol. The van der Waals surface area contributed by atoms with Gasteiger partial charge in [-0.2, -0.15) is 0 Å². The van der Waals surface area contributed by atoms with Gasteiger partial charge in [-0.15, -0.1) is 0 Å². The lowest BCUT2D eigenvalue weighted by molar-refractivity contribution is 0.727. The fourth-order valence-electron chi connectivity index (χ4n) is 2.02. The fraction of sp³-hybridized carbons (Fsp3) is 0.429. The zero-order valence-electron chi connectivity index (χ0n) is 10.2. The maximum Gasteiger partial charge on any atom is 0.0458 e. The Bertz CT molecular complexity index is 480. The normalized spacial score (nSPS) is 13.6. The van der Waals surface area contributed by atoms with E-state index in [1.807, 2.05) is 6.92 Å². The maximum absolute atomic E-state index is 5.80. The Morgan fingerprint density at radius 2 is 1.94 bits per heavy atom. The van der Waals surface area contributed by atoms with Gasteiger partial charge in [-0.05, 0) is 35.9 Å². The second-order valence-corrected chi connectivity index (χ2v) is 4.98. The molecule has 0 aliphatic heterocycles. The smallest absolute Gasteiger partial charge is 0.0458 e. The molecule has 0 spiro atoms. The van der Waals surface area contributed by atoms with Crippen LogP contribution in [-0.2, 0) is 6.42 Å². The van der Waals surface area contributed by atoms with Crippen molar-refractivity contribution >= 4 is 10.9 Å². The molecule has 1 heterocycles. The highest BCUT2D eigenvalue weighted by Crippen LogP contribution is 2.22. The van der Waals surface area contributed by atoms with E-state index >= 15 is 0 Å². The molecule has 2 rings (SSSR count). The molecule has 16 heavy (non-hydrogen) atoms. The van der Waals surface area contributed by atoms with Gasteiger partial charge in [-0.1, -0.05) is 26.0 Å². The van der Waals surface area contributed by atoms with Gasteiger partial charge in [-0.25, -0.2) is 0 Å². The summed E-state index contributed by atoms with van der Waals surface area (Å²) in [6.07, 6.45) is 0.908. The third kappa shape index (κ3) is 2.27. The van der Waals surface area contributed by atoms with E-state index in [0.29, 0.717) is 5.92 Å². The summed E-state index contributed by atoms with van der Waals surface area (Å²) in [5.74, 6) is 0.574. The SMILES string of the molecule is CC(N)Cc1cc2ccc(C(C)C)cc2[nH]1. The van der Waals surface area contributed by atoms with Crippen LogP contribution in [0.2, 0.25) is 0 Å². The molecule has 1 aromatic heterocycles. The summed E-state index contributed by atoms with van der Waals surface area (Å²) >= 11 is 0. The molecule has 0 fully saturated rings. The summed E-state index contributed by atoms with van der Waals surface area (Å²) < 4.78 is 0. The molecule has 1 aromatic carbocycles. The van der Waals surface area contributed by atoms with E-state index < -0.39 is 0 Å². The third-order valence-corrected chi connectivity index (χ3v) is 2.91. The first-order valence-corrected chi connectivity index (χ1v) is 5.93. The summed E-state index contributed by atoms with van der Waals surface area (Å²) in [6.45, 7) is 6.46. The van der Waals surface area contributed by atoms with Crippen molar-refractivity contribution in [3.8, 4) is 0 Å². The monoisotopic (exact) mass is 216 g/mol. The molecule has 0 amide bonds. The van der Waals surface area contributed by atoms with Crippen molar-refractivity contribution < 1.29 is 0 Å². The van der Waals surface area contributed by atoms with Crippen LogP contribution < -0.4 is 5.73 Å². The van der Waals surface area contributed by atoms with Gasteiger partial charge >= 0.3 is 0 Å². The fourth-order valence-corrected chi connectivity index (χ4v) is 2.02. The largest absolute Gasteiger partial charge is 0.358 e. The Balaban J connectivity index is 2.38. The van der Waals surface area contributed by atoms with Crippen LogP contribution in [0.4, 0.5) is 0 Å².